The molecule has 0 bridgehead atoms. The van der Waals surface area contributed by atoms with Crippen LogP contribution in [0.2, 0.25) is 0 Å². The van der Waals surface area contributed by atoms with Gasteiger partial charge in [0.05, 0.1) is 19.6 Å². The largest absolute Gasteiger partial charge is 0.453 e. The highest BCUT2D eigenvalue weighted by atomic mass is 16.5. The number of rotatable bonds is 5. The number of ketones is 1. The smallest absolute Gasteiger partial charge is 0.407 e. The molecule has 6 nitrogen and oxygen atoms in total. The van der Waals surface area contributed by atoms with E-state index in [4.69, 9.17) is 5.73 Å². The van der Waals surface area contributed by atoms with Crippen LogP contribution in [0.4, 0.5) is 4.79 Å². The van der Waals surface area contributed by atoms with Gasteiger partial charge in [-0.1, -0.05) is 6.92 Å². The highest BCUT2D eigenvalue weighted by molar-refractivity contribution is 5.91. The maximum Gasteiger partial charge on any atom is 0.407 e. The van der Waals surface area contributed by atoms with E-state index < -0.39 is 18.0 Å². The number of alkyl carbamates (subject to hydrolysis) is 1. The number of methoxy groups -OCH3 is 1. The van der Waals surface area contributed by atoms with Crippen LogP contribution < -0.4 is 11.1 Å². The summed E-state index contributed by atoms with van der Waals surface area (Å²) in [7, 11) is 1.17. The molecule has 0 aliphatic rings. The lowest BCUT2D eigenvalue weighted by Crippen LogP contribution is -2.43. The predicted molar refractivity (Wildman–Crippen MR) is 48.4 cm³/mol. The van der Waals surface area contributed by atoms with E-state index in [0.717, 1.165) is 0 Å². The normalized spacial score (nSPS) is 11.6. The van der Waals surface area contributed by atoms with Crippen LogP contribution in [0.5, 0.6) is 0 Å². The fourth-order valence-electron chi connectivity index (χ4n) is 0.894. The number of carbonyl (C=O) groups excluding carboxylic acids is 3. The van der Waals surface area contributed by atoms with Gasteiger partial charge in [0.2, 0.25) is 5.91 Å². The maximum atomic E-state index is 11.2. The maximum absolute atomic E-state index is 11.2. The van der Waals surface area contributed by atoms with Crippen molar-refractivity contribution in [3.05, 3.63) is 0 Å². The summed E-state index contributed by atoms with van der Waals surface area (Å²) >= 11 is 0. The summed E-state index contributed by atoms with van der Waals surface area (Å²) in [5, 5.41) is 2.24. The van der Waals surface area contributed by atoms with Crippen molar-refractivity contribution < 1.29 is 19.1 Å². The van der Waals surface area contributed by atoms with E-state index in [2.05, 4.69) is 10.1 Å². The molecule has 0 aromatic heterocycles. The molecule has 0 rings (SSSR count). The van der Waals surface area contributed by atoms with Crippen molar-refractivity contribution in [3.8, 4) is 0 Å². The highest BCUT2D eigenvalue weighted by Crippen LogP contribution is 1.97. The molecule has 3 N–H and O–H groups in total. The molecule has 0 aromatic carbocycles. The second-order valence-electron chi connectivity index (χ2n) is 2.68. The van der Waals surface area contributed by atoms with Crippen LogP contribution in [-0.2, 0) is 14.3 Å². The number of ether oxygens (including phenoxy) is 1. The second-order valence-corrected chi connectivity index (χ2v) is 2.68. The van der Waals surface area contributed by atoms with Crippen molar-refractivity contribution >= 4 is 17.8 Å². The van der Waals surface area contributed by atoms with E-state index >= 15 is 0 Å². The van der Waals surface area contributed by atoms with E-state index in [-0.39, 0.29) is 18.6 Å². The Labute approximate surface area is 81.8 Å². The van der Waals surface area contributed by atoms with Gasteiger partial charge in [-0.15, -0.1) is 0 Å². The standard InChI is InChI=1S/C8H14N2O4/c1-3-6(11)5(4-7(9)12)10-8(13)14-2/h5H,3-4H2,1-2H3,(H2,9,12)(H,10,13)/t5-/m0/s1. The van der Waals surface area contributed by atoms with Gasteiger partial charge in [0.1, 0.15) is 0 Å². The Hall–Kier alpha value is -1.59. The Bertz CT molecular complexity index is 239. The third-order valence-electron chi connectivity index (χ3n) is 1.62. The van der Waals surface area contributed by atoms with Crippen LogP contribution in [0.3, 0.4) is 0 Å². The lowest BCUT2D eigenvalue weighted by Gasteiger charge is -2.13. The number of Topliss-reactive ketones (excluding diaryl/α,β-unsaturated/α-hetero) is 1. The van der Waals surface area contributed by atoms with Gasteiger partial charge in [-0.2, -0.15) is 0 Å². The topological polar surface area (TPSA) is 98.5 Å². The molecule has 0 aliphatic carbocycles. The van der Waals surface area contributed by atoms with Crippen molar-refractivity contribution in [2.45, 2.75) is 25.8 Å². The molecule has 0 unspecified atom stereocenters. The average molecular weight is 202 g/mol. The first kappa shape index (κ1) is 12.4. The Morgan fingerprint density at radius 1 is 1.43 bits per heavy atom. The van der Waals surface area contributed by atoms with Crippen LogP contribution in [0.1, 0.15) is 19.8 Å². The molecule has 0 aliphatic heterocycles. The third-order valence-corrected chi connectivity index (χ3v) is 1.62. The number of carbonyl (C=O) groups is 3. The quantitative estimate of drug-likeness (QED) is 0.631. The predicted octanol–water partition coefficient (Wildman–Crippen LogP) is -0.434. The van der Waals surface area contributed by atoms with Gasteiger partial charge >= 0.3 is 6.09 Å². The van der Waals surface area contributed by atoms with Gasteiger partial charge in [-0.05, 0) is 0 Å². The van der Waals surface area contributed by atoms with Crippen LogP contribution >= 0.6 is 0 Å². The van der Waals surface area contributed by atoms with Crippen molar-refractivity contribution in [3.63, 3.8) is 0 Å². The molecule has 0 fully saturated rings. The molecule has 0 spiro atoms. The number of amides is 2. The minimum absolute atomic E-state index is 0.207. The van der Waals surface area contributed by atoms with Gasteiger partial charge in [-0.25, -0.2) is 4.79 Å². The summed E-state index contributed by atoms with van der Waals surface area (Å²) in [5.41, 5.74) is 4.92. The zero-order valence-corrected chi connectivity index (χ0v) is 8.20. The molecule has 2 amide bonds. The molecule has 0 saturated carbocycles. The Kier molecular flexibility index (Phi) is 5.28. The summed E-state index contributed by atoms with van der Waals surface area (Å²) in [6.07, 6.45) is -0.734. The first-order chi connectivity index (χ1) is 6.51. The second kappa shape index (κ2) is 5.95. The molecule has 14 heavy (non-hydrogen) atoms. The Balaban J connectivity index is 4.31. The fourth-order valence-corrected chi connectivity index (χ4v) is 0.894. The first-order valence-corrected chi connectivity index (χ1v) is 4.16. The highest BCUT2D eigenvalue weighted by Gasteiger charge is 2.21. The molecule has 0 aromatic rings. The summed E-state index contributed by atoms with van der Waals surface area (Å²) in [4.78, 5) is 32.6. The van der Waals surface area contributed by atoms with Crippen LogP contribution in [-0.4, -0.2) is 30.9 Å². The third kappa shape index (κ3) is 4.44. The van der Waals surface area contributed by atoms with Crippen molar-refractivity contribution in [1.29, 1.82) is 0 Å². The number of nitrogens with one attached hydrogen (secondary N) is 1. The lowest BCUT2D eigenvalue weighted by molar-refractivity contribution is -0.125. The minimum Gasteiger partial charge on any atom is -0.453 e. The summed E-state index contributed by atoms with van der Waals surface area (Å²) in [6, 6.07) is -0.884. The number of hydrogen-bond donors (Lipinski definition) is 2. The Morgan fingerprint density at radius 3 is 2.36 bits per heavy atom. The van der Waals surface area contributed by atoms with E-state index in [0.29, 0.717) is 0 Å². The van der Waals surface area contributed by atoms with Crippen molar-refractivity contribution in [1.82, 2.24) is 5.32 Å². The monoisotopic (exact) mass is 202 g/mol. The number of hydrogen-bond acceptors (Lipinski definition) is 4. The molecular formula is C8H14N2O4. The van der Waals surface area contributed by atoms with Gasteiger partial charge in [-0.3, -0.25) is 9.59 Å². The van der Waals surface area contributed by atoms with Crippen LogP contribution in [0.25, 0.3) is 0 Å². The average Bonchev–Trinajstić information content (AvgIpc) is 2.14. The molecule has 0 heterocycles. The molecular weight excluding hydrogens is 188 g/mol. The van der Waals surface area contributed by atoms with Crippen molar-refractivity contribution in [2.75, 3.05) is 7.11 Å². The van der Waals surface area contributed by atoms with Crippen molar-refractivity contribution in [2.24, 2.45) is 5.73 Å². The molecule has 6 heteroatoms. The van der Waals surface area contributed by atoms with Gasteiger partial charge in [0, 0.05) is 6.42 Å². The Morgan fingerprint density at radius 2 is 2.00 bits per heavy atom. The van der Waals surface area contributed by atoms with E-state index in [1.165, 1.54) is 7.11 Å². The zero-order chi connectivity index (χ0) is 11.1. The molecule has 1 atom stereocenters. The SMILES string of the molecule is CCC(=O)[C@H](CC(N)=O)NC(=O)OC. The number of nitrogens with two attached hydrogens (primary N) is 1. The van der Waals surface area contributed by atoms with Gasteiger partial charge in [0.25, 0.3) is 0 Å². The molecule has 80 valence electrons. The minimum atomic E-state index is -0.884. The molecule has 0 radical (unpaired) electrons. The molecule has 0 saturated heterocycles. The van der Waals surface area contributed by atoms with E-state index in [1.807, 2.05) is 0 Å². The van der Waals surface area contributed by atoms with Gasteiger partial charge in [0.15, 0.2) is 5.78 Å². The first-order valence-electron chi connectivity index (χ1n) is 4.16. The van der Waals surface area contributed by atoms with Crippen LogP contribution in [0.15, 0.2) is 0 Å². The number of primary amides is 1. The summed E-state index contributed by atoms with van der Waals surface area (Å²) in [5.74, 6) is -0.901. The van der Waals surface area contributed by atoms with Crippen LogP contribution in [0, 0.1) is 0 Å². The summed E-state index contributed by atoms with van der Waals surface area (Å²) < 4.78 is 4.30. The van der Waals surface area contributed by atoms with Gasteiger partial charge < -0.3 is 15.8 Å². The lowest BCUT2D eigenvalue weighted by atomic mass is 10.1. The van der Waals surface area contributed by atoms with E-state index in [9.17, 15) is 14.4 Å². The zero-order valence-electron chi connectivity index (χ0n) is 8.20. The summed E-state index contributed by atoms with van der Waals surface area (Å²) in [6.45, 7) is 1.63. The fraction of sp³-hybridized carbons (Fsp3) is 0.625. The van der Waals surface area contributed by atoms with E-state index in [1.54, 1.807) is 6.92 Å².